The lowest BCUT2D eigenvalue weighted by atomic mass is 9.86. The number of carbonyl (C=O) groups excluding carboxylic acids is 1. The van der Waals surface area contributed by atoms with Crippen LogP contribution in [0.2, 0.25) is 5.02 Å². The predicted molar refractivity (Wildman–Crippen MR) is 190 cm³/mol. The Morgan fingerprint density at radius 3 is 2.47 bits per heavy atom. The molecule has 15 heteroatoms. The summed E-state index contributed by atoms with van der Waals surface area (Å²) in [6.07, 6.45) is -3.04. The molecule has 1 aliphatic heterocycles. The standard InChI is InChI=1S/C40H34ClF6N5O3/c1-20-32-31(41)6-5-28(36(32)51(2)49-20)27-4-3-25(7-8-39(54)9-11-55-12-10-39)48-34(27)22(13-21-14-23(42)17-24(43)15-21)16-26(53)19-52-37-33(35(50-52)38(44)45)29-18-30(29)40(37,46)47/h3-6,14-15,17,22,29-30,38,54H,9-13,16,18-19H2,1-2H3/t22-,29+,30-/m1/s1. The van der Waals surface area contributed by atoms with Crippen molar-refractivity contribution < 1.29 is 41.0 Å². The number of carbonyl (C=O) groups is 1. The summed E-state index contributed by atoms with van der Waals surface area (Å²) < 4.78 is 95.8. The maximum Gasteiger partial charge on any atom is 0.293 e. The van der Waals surface area contributed by atoms with E-state index in [-0.39, 0.29) is 48.2 Å². The van der Waals surface area contributed by atoms with Crippen molar-refractivity contribution in [3.05, 3.63) is 98.7 Å². The monoisotopic (exact) mass is 781 g/mol. The lowest BCUT2D eigenvalue weighted by Gasteiger charge is -2.26. The fraction of sp³-hybridized carbons (Fsp3) is 0.400. The van der Waals surface area contributed by atoms with Gasteiger partial charge in [-0.1, -0.05) is 23.6 Å². The fourth-order valence-corrected chi connectivity index (χ4v) is 8.54. The van der Waals surface area contributed by atoms with Gasteiger partial charge in [-0.2, -0.15) is 19.0 Å². The number of benzene rings is 2. The zero-order chi connectivity index (χ0) is 39.0. The second-order valence-electron chi connectivity index (χ2n) is 14.6. The molecule has 3 aliphatic rings. The molecule has 1 saturated heterocycles. The van der Waals surface area contributed by atoms with Crippen molar-refractivity contribution in [2.24, 2.45) is 13.0 Å². The van der Waals surface area contributed by atoms with E-state index in [9.17, 15) is 27.5 Å². The molecule has 4 heterocycles. The van der Waals surface area contributed by atoms with Crippen molar-refractivity contribution in [1.82, 2.24) is 24.5 Å². The van der Waals surface area contributed by atoms with Crippen molar-refractivity contribution in [1.29, 1.82) is 0 Å². The zero-order valence-electron chi connectivity index (χ0n) is 29.7. The summed E-state index contributed by atoms with van der Waals surface area (Å²) >= 11 is 6.62. The summed E-state index contributed by atoms with van der Waals surface area (Å²) in [6, 6.07) is 9.79. The number of ketones is 1. The van der Waals surface area contributed by atoms with Crippen molar-refractivity contribution in [2.45, 2.75) is 75.4 Å². The van der Waals surface area contributed by atoms with Crippen LogP contribution in [-0.2, 0) is 35.5 Å². The minimum Gasteiger partial charge on any atom is -0.381 e. The molecule has 2 aromatic carbocycles. The highest BCUT2D eigenvalue weighted by Crippen LogP contribution is 2.68. The van der Waals surface area contributed by atoms with Crippen LogP contribution in [0.5, 0.6) is 0 Å². The van der Waals surface area contributed by atoms with Gasteiger partial charge in [0.15, 0.2) is 5.78 Å². The molecule has 0 bridgehead atoms. The van der Waals surface area contributed by atoms with Gasteiger partial charge in [0.1, 0.15) is 40.9 Å². The Labute approximate surface area is 316 Å². The SMILES string of the molecule is Cc1nn(C)c2c(-c3ccc(C#CC4(O)CCOCC4)nc3[C@@H](CC(=O)Cn3nc(C(F)F)c4c3C(F)(F)[C@@H]3C[C@H]43)Cc3cc(F)cc(F)c3)ccc(Cl)c12. The van der Waals surface area contributed by atoms with Crippen LogP contribution >= 0.6 is 11.6 Å². The van der Waals surface area contributed by atoms with Gasteiger partial charge < -0.3 is 9.84 Å². The van der Waals surface area contributed by atoms with E-state index in [2.05, 4.69) is 22.0 Å². The fourth-order valence-electron chi connectivity index (χ4n) is 8.25. The van der Waals surface area contributed by atoms with Crippen LogP contribution in [0.25, 0.3) is 22.0 Å². The Morgan fingerprint density at radius 1 is 1.05 bits per heavy atom. The topological polar surface area (TPSA) is 95.1 Å². The maximum atomic E-state index is 15.4. The normalized spacial score (nSPS) is 19.9. The first kappa shape index (κ1) is 37.2. The Bertz CT molecular complexity index is 2410. The van der Waals surface area contributed by atoms with Gasteiger partial charge in [0.25, 0.3) is 12.3 Å². The summed E-state index contributed by atoms with van der Waals surface area (Å²) in [7, 11) is 1.74. The van der Waals surface area contributed by atoms with Gasteiger partial charge in [-0.3, -0.25) is 14.2 Å². The van der Waals surface area contributed by atoms with E-state index in [0.717, 1.165) is 12.1 Å². The maximum absolute atomic E-state index is 15.4. The molecule has 5 aromatic rings. The summed E-state index contributed by atoms with van der Waals surface area (Å²) in [4.78, 5) is 18.9. The first-order chi connectivity index (χ1) is 26.1. The number of aromatic nitrogens is 5. The number of fused-ring (bicyclic) bond motifs is 4. The molecule has 0 unspecified atom stereocenters. The lowest BCUT2D eigenvalue weighted by molar-refractivity contribution is -0.120. The summed E-state index contributed by atoms with van der Waals surface area (Å²) in [5.41, 5.74) is 0.139. The van der Waals surface area contributed by atoms with Crippen molar-refractivity contribution >= 4 is 28.3 Å². The molecular weight excluding hydrogens is 748 g/mol. The Kier molecular flexibility index (Phi) is 9.33. The third-order valence-electron chi connectivity index (χ3n) is 10.8. The lowest BCUT2D eigenvalue weighted by Crippen LogP contribution is -2.34. The Hall–Kier alpha value is -4.71. The molecule has 1 N–H and O–H groups in total. The van der Waals surface area contributed by atoms with Crippen LogP contribution < -0.4 is 0 Å². The van der Waals surface area contributed by atoms with Crippen LogP contribution in [0.15, 0.2) is 42.5 Å². The highest BCUT2D eigenvalue weighted by atomic mass is 35.5. The average molecular weight is 782 g/mol. The number of halogens is 7. The number of rotatable bonds is 9. The third kappa shape index (κ3) is 6.80. The molecule has 2 fully saturated rings. The van der Waals surface area contributed by atoms with Crippen molar-refractivity contribution in [3.8, 4) is 23.0 Å². The summed E-state index contributed by atoms with van der Waals surface area (Å²) in [5, 5.41) is 20.5. The van der Waals surface area contributed by atoms with E-state index >= 15 is 8.78 Å². The molecule has 3 aromatic heterocycles. The minimum atomic E-state index is -3.43. The third-order valence-corrected chi connectivity index (χ3v) is 11.1. The molecule has 0 spiro atoms. The molecule has 55 heavy (non-hydrogen) atoms. The number of hydrogen-bond donors (Lipinski definition) is 1. The summed E-state index contributed by atoms with van der Waals surface area (Å²) in [5.74, 6) is -2.75. The molecule has 0 amide bonds. The highest BCUT2D eigenvalue weighted by molar-refractivity contribution is 6.36. The second kappa shape index (κ2) is 13.8. The number of alkyl halides is 4. The zero-order valence-corrected chi connectivity index (χ0v) is 30.4. The first-order valence-corrected chi connectivity index (χ1v) is 18.2. The highest BCUT2D eigenvalue weighted by Gasteiger charge is 2.67. The largest absolute Gasteiger partial charge is 0.381 e. The van der Waals surface area contributed by atoms with Crippen LogP contribution in [0.3, 0.4) is 0 Å². The number of ether oxygens (including phenoxy) is 1. The number of aliphatic hydroxyl groups is 1. The number of Topliss-reactive ketones (excluding diaryl/α,β-unsaturated/α-hetero) is 1. The van der Waals surface area contributed by atoms with Crippen LogP contribution in [0.4, 0.5) is 26.3 Å². The molecule has 0 radical (unpaired) electrons. The first-order valence-electron chi connectivity index (χ1n) is 17.8. The number of nitrogens with zero attached hydrogens (tertiary/aromatic N) is 5. The van der Waals surface area contributed by atoms with Crippen molar-refractivity contribution in [3.63, 3.8) is 0 Å². The summed E-state index contributed by atoms with van der Waals surface area (Å²) in [6.45, 7) is 1.70. The molecule has 2 aliphatic carbocycles. The van der Waals surface area contributed by atoms with E-state index in [1.165, 1.54) is 0 Å². The quantitative estimate of drug-likeness (QED) is 0.120. The van der Waals surface area contributed by atoms with Gasteiger partial charge in [-0.15, -0.1) is 0 Å². The molecule has 286 valence electrons. The number of aryl methyl sites for hydroxylation is 2. The van der Waals surface area contributed by atoms with Crippen LogP contribution in [0, 0.1) is 36.3 Å². The molecular formula is C40H34ClF6N5O3. The molecule has 3 atom stereocenters. The van der Waals surface area contributed by atoms with Gasteiger partial charge in [-0.05, 0) is 67.5 Å². The predicted octanol–water partition coefficient (Wildman–Crippen LogP) is 8.10. The van der Waals surface area contributed by atoms with Gasteiger partial charge in [0, 0.05) is 66.3 Å². The second-order valence-corrected chi connectivity index (χ2v) is 15.1. The molecule has 8 nitrogen and oxygen atoms in total. The Balaban J connectivity index is 1.26. The van der Waals surface area contributed by atoms with E-state index in [4.69, 9.17) is 21.3 Å². The van der Waals surface area contributed by atoms with Crippen molar-refractivity contribution in [2.75, 3.05) is 13.2 Å². The van der Waals surface area contributed by atoms with Gasteiger partial charge >= 0.3 is 0 Å². The van der Waals surface area contributed by atoms with E-state index in [1.54, 1.807) is 42.9 Å². The minimum absolute atomic E-state index is 0.0681. The number of pyridine rings is 1. The van der Waals surface area contributed by atoms with Crippen LogP contribution in [0.1, 0.15) is 83.5 Å². The number of hydrogen-bond acceptors (Lipinski definition) is 6. The van der Waals surface area contributed by atoms with Gasteiger partial charge in [0.05, 0.1) is 35.1 Å². The van der Waals surface area contributed by atoms with Gasteiger partial charge in [0.2, 0.25) is 0 Å². The average Bonchev–Trinajstić information content (AvgIpc) is 3.67. The van der Waals surface area contributed by atoms with E-state index in [0.29, 0.717) is 56.7 Å². The molecule has 8 rings (SSSR count). The van der Waals surface area contributed by atoms with E-state index < -0.39 is 77.5 Å². The Morgan fingerprint density at radius 2 is 1.76 bits per heavy atom. The van der Waals surface area contributed by atoms with Crippen LogP contribution in [-0.4, -0.2) is 54.2 Å². The van der Waals surface area contributed by atoms with E-state index in [1.807, 2.05) is 0 Å². The smallest absolute Gasteiger partial charge is 0.293 e. The molecule has 1 saturated carbocycles. The van der Waals surface area contributed by atoms with Gasteiger partial charge in [-0.25, -0.2) is 22.5 Å².